The lowest BCUT2D eigenvalue weighted by Crippen LogP contribution is -2.16. The van der Waals surface area contributed by atoms with Crippen LogP contribution in [-0.4, -0.2) is 11.2 Å². The van der Waals surface area contributed by atoms with Gasteiger partial charge in [0.05, 0.1) is 12.1 Å². The maximum atomic E-state index is 5.89. The summed E-state index contributed by atoms with van der Waals surface area (Å²) in [6, 6.07) is 8.69. The van der Waals surface area contributed by atoms with Gasteiger partial charge in [-0.15, -0.1) is 0 Å². The third-order valence-corrected chi connectivity index (χ3v) is 5.55. The number of hydrogen-bond donors (Lipinski definition) is 0. The first-order valence-corrected chi connectivity index (χ1v) is 8.56. The first-order chi connectivity index (χ1) is 10.3. The molecule has 2 heteroatoms. The highest BCUT2D eigenvalue weighted by molar-refractivity contribution is 5.86. The molecule has 2 nitrogen and oxygen atoms in total. The minimum atomic E-state index is 0.802. The Hall–Kier alpha value is -1.44. The normalized spacial score (nSPS) is 27.6. The zero-order valence-corrected chi connectivity index (χ0v) is 12.9. The van der Waals surface area contributed by atoms with E-state index < -0.39 is 0 Å². The molecule has 2 fully saturated rings. The van der Waals surface area contributed by atoms with Gasteiger partial charge in [-0.1, -0.05) is 19.4 Å². The SMILES string of the molecule is CCCOc1cccc2c1ccn2CC1CC2CCC1C2. The van der Waals surface area contributed by atoms with Gasteiger partial charge in [0, 0.05) is 18.1 Å². The smallest absolute Gasteiger partial charge is 0.128 e. The summed E-state index contributed by atoms with van der Waals surface area (Å²) in [6.45, 7) is 4.15. The van der Waals surface area contributed by atoms with Crippen LogP contribution < -0.4 is 4.74 Å². The minimum Gasteiger partial charge on any atom is -0.493 e. The Morgan fingerprint density at radius 1 is 1.19 bits per heavy atom. The second-order valence-corrected chi connectivity index (χ2v) is 6.94. The Morgan fingerprint density at radius 3 is 2.90 bits per heavy atom. The molecule has 0 spiro atoms. The molecule has 0 aliphatic heterocycles. The van der Waals surface area contributed by atoms with Gasteiger partial charge in [0.2, 0.25) is 0 Å². The van der Waals surface area contributed by atoms with Crippen LogP contribution in [0.3, 0.4) is 0 Å². The molecule has 0 radical (unpaired) electrons. The lowest BCUT2D eigenvalue weighted by atomic mass is 9.89. The largest absolute Gasteiger partial charge is 0.493 e. The van der Waals surface area contributed by atoms with Gasteiger partial charge in [-0.05, 0) is 61.6 Å². The monoisotopic (exact) mass is 283 g/mol. The summed E-state index contributed by atoms with van der Waals surface area (Å²) in [5.41, 5.74) is 1.34. The Balaban J connectivity index is 1.58. The topological polar surface area (TPSA) is 14.2 Å². The summed E-state index contributed by atoms with van der Waals surface area (Å²) in [5.74, 6) is 3.97. The second-order valence-electron chi connectivity index (χ2n) is 6.94. The van der Waals surface area contributed by atoms with E-state index >= 15 is 0 Å². The molecule has 2 bridgehead atoms. The van der Waals surface area contributed by atoms with Gasteiger partial charge in [-0.3, -0.25) is 0 Å². The predicted octanol–water partition coefficient (Wildman–Crippen LogP) is 4.87. The van der Waals surface area contributed by atoms with Gasteiger partial charge >= 0.3 is 0 Å². The highest BCUT2D eigenvalue weighted by Gasteiger charge is 2.39. The molecule has 2 aliphatic carbocycles. The van der Waals surface area contributed by atoms with Crippen molar-refractivity contribution in [1.29, 1.82) is 0 Å². The van der Waals surface area contributed by atoms with E-state index in [0.717, 1.165) is 36.5 Å². The summed E-state index contributed by atoms with van der Waals surface area (Å²) in [6.07, 6.45) is 9.23. The quantitative estimate of drug-likeness (QED) is 0.764. The summed E-state index contributed by atoms with van der Waals surface area (Å²) >= 11 is 0. The molecule has 3 unspecified atom stereocenters. The first kappa shape index (κ1) is 13.2. The number of rotatable bonds is 5. The molecule has 0 N–H and O–H groups in total. The Labute approximate surface area is 127 Å². The van der Waals surface area contributed by atoms with Gasteiger partial charge in [0.25, 0.3) is 0 Å². The van der Waals surface area contributed by atoms with E-state index in [1.165, 1.54) is 43.1 Å². The summed E-state index contributed by atoms with van der Waals surface area (Å²) < 4.78 is 8.35. The van der Waals surface area contributed by atoms with Crippen LogP contribution in [0.1, 0.15) is 39.0 Å². The van der Waals surface area contributed by atoms with Gasteiger partial charge in [0.15, 0.2) is 0 Å². The minimum absolute atomic E-state index is 0.802. The predicted molar refractivity (Wildman–Crippen MR) is 86.7 cm³/mol. The van der Waals surface area contributed by atoms with Gasteiger partial charge in [-0.25, -0.2) is 0 Å². The molecule has 1 aromatic heterocycles. The van der Waals surface area contributed by atoms with E-state index in [1.807, 2.05) is 0 Å². The maximum Gasteiger partial charge on any atom is 0.128 e. The van der Waals surface area contributed by atoms with Crippen molar-refractivity contribution in [3.8, 4) is 5.75 Å². The highest BCUT2D eigenvalue weighted by Crippen LogP contribution is 2.49. The van der Waals surface area contributed by atoms with Crippen LogP contribution in [-0.2, 0) is 6.54 Å². The van der Waals surface area contributed by atoms with Crippen LogP contribution in [0.15, 0.2) is 30.5 Å². The zero-order valence-electron chi connectivity index (χ0n) is 12.9. The van der Waals surface area contributed by atoms with E-state index in [2.05, 4.69) is 42.0 Å². The fraction of sp³-hybridized carbons (Fsp3) is 0.579. The average Bonchev–Trinajstić information content (AvgIpc) is 3.21. The standard InChI is InChI=1S/C19H25NO/c1-2-10-21-19-5-3-4-18-17(19)8-9-20(18)13-16-12-14-6-7-15(16)11-14/h3-5,8-9,14-16H,2,6-7,10-13H2,1H3. The van der Waals surface area contributed by atoms with E-state index in [4.69, 9.17) is 4.74 Å². The Bertz CT molecular complexity index is 630. The molecule has 3 atom stereocenters. The van der Waals surface area contributed by atoms with Crippen molar-refractivity contribution in [3.05, 3.63) is 30.5 Å². The Morgan fingerprint density at radius 2 is 2.14 bits per heavy atom. The van der Waals surface area contributed by atoms with Crippen LogP contribution >= 0.6 is 0 Å². The van der Waals surface area contributed by atoms with Crippen molar-refractivity contribution < 1.29 is 4.74 Å². The van der Waals surface area contributed by atoms with Crippen LogP contribution in [0.4, 0.5) is 0 Å². The van der Waals surface area contributed by atoms with Crippen LogP contribution in [0.2, 0.25) is 0 Å². The molecule has 1 aromatic carbocycles. The average molecular weight is 283 g/mol. The van der Waals surface area contributed by atoms with Crippen molar-refractivity contribution in [3.63, 3.8) is 0 Å². The summed E-state index contributed by atoms with van der Waals surface area (Å²) in [5, 5.41) is 1.27. The molecule has 0 saturated heterocycles. The fourth-order valence-electron chi connectivity index (χ4n) is 4.55. The van der Waals surface area contributed by atoms with Crippen molar-refractivity contribution in [2.45, 2.75) is 45.6 Å². The maximum absolute atomic E-state index is 5.89. The molecule has 1 heterocycles. The van der Waals surface area contributed by atoms with E-state index in [0.29, 0.717) is 0 Å². The van der Waals surface area contributed by atoms with Crippen molar-refractivity contribution in [2.24, 2.45) is 17.8 Å². The molecule has 2 aromatic rings. The third-order valence-electron chi connectivity index (χ3n) is 5.55. The summed E-state index contributed by atoms with van der Waals surface area (Å²) in [7, 11) is 0. The van der Waals surface area contributed by atoms with E-state index in [9.17, 15) is 0 Å². The molecule has 0 amide bonds. The number of fused-ring (bicyclic) bond motifs is 3. The van der Waals surface area contributed by atoms with Gasteiger partial charge in [-0.2, -0.15) is 0 Å². The number of nitrogens with zero attached hydrogens (tertiary/aromatic N) is 1. The van der Waals surface area contributed by atoms with Crippen molar-refractivity contribution >= 4 is 10.9 Å². The zero-order chi connectivity index (χ0) is 14.2. The van der Waals surface area contributed by atoms with Gasteiger partial charge in [0.1, 0.15) is 5.75 Å². The number of benzene rings is 1. The fourth-order valence-corrected chi connectivity index (χ4v) is 4.55. The van der Waals surface area contributed by atoms with Gasteiger partial charge < -0.3 is 9.30 Å². The highest BCUT2D eigenvalue weighted by atomic mass is 16.5. The molecule has 112 valence electrons. The first-order valence-electron chi connectivity index (χ1n) is 8.56. The molecule has 21 heavy (non-hydrogen) atoms. The lowest BCUT2D eigenvalue weighted by molar-refractivity contribution is 0.299. The molecule has 2 saturated carbocycles. The third kappa shape index (κ3) is 2.35. The second kappa shape index (κ2) is 5.40. The summed E-state index contributed by atoms with van der Waals surface area (Å²) in [4.78, 5) is 0. The Kier molecular flexibility index (Phi) is 3.40. The molecule has 2 aliphatic rings. The van der Waals surface area contributed by atoms with Crippen molar-refractivity contribution in [2.75, 3.05) is 6.61 Å². The number of hydrogen-bond acceptors (Lipinski definition) is 1. The van der Waals surface area contributed by atoms with Crippen LogP contribution in [0.25, 0.3) is 10.9 Å². The number of ether oxygens (including phenoxy) is 1. The van der Waals surface area contributed by atoms with Crippen LogP contribution in [0, 0.1) is 17.8 Å². The lowest BCUT2D eigenvalue weighted by Gasteiger charge is -2.22. The van der Waals surface area contributed by atoms with Crippen molar-refractivity contribution in [1.82, 2.24) is 4.57 Å². The molecule has 4 rings (SSSR count). The van der Waals surface area contributed by atoms with Crippen LogP contribution in [0.5, 0.6) is 5.75 Å². The van der Waals surface area contributed by atoms with E-state index in [-0.39, 0.29) is 0 Å². The number of aromatic nitrogens is 1. The molecular weight excluding hydrogens is 258 g/mol. The molecular formula is C19H25NO. The van der Waals surface area contributed by atoms with E-state index in [1.54, 1.807) is 0 Å².